The number of aromatic nitrogens is 2. The van der Waals surface area contributed by atoms with Crippen molar-refractivity contribution in [2.24, 2.45) is 0 Å². The number of nitrogens with zero attached hydrogens (tertiary/aromatic N) is 2. The molecule has 0 saturated carbocycles. The molecule has 0 fully saturated rings. The van der Waals surface area contributed by atoms with Gasteiger partial charge in [0.1, 0.15) is 17.3 Å². The van der Waals surface area contributed by atoms with Gasteiger partial charge in [-0.05, 0) is 55.7 Å². The SMILES string of the molecule is CCOc1ccc(Nc2cnc(C(=O)Nc3c(C)cccc3CC)cn2)cc1. The van der Waals surface area contributed by atoms with Crippen LogP contribution in [0.25, 0.3) is 0 Å². The van der Waals surface area contributed by atoms with Gasteiger partial charge in [-0.3, -0.25) is 4.79 Å². The highest BCUT2D eigenvalue weighted by Crippen LogP contribution is 2.22. The van der Waals surface area contributed by atoms with Crippen LogP contribution in [0.5, 0.6) is 5.75 Å². The fourth-order valence-corrected chi connectivity index (χ4v) is 2.84. The molecular formula is C22H24N4O2. The number of nitrogens with one attached hydrogen (secondary N) is 2. The zero-order chi connectivity index (χ0) is 19.9. The number of hydrogen-bond donors (Lipinski definition) is 2. The molecule has 1 amide bonds. The predicted octanol–water partition coefficient (Wildman–Crippen LogP) is 4.74. The quantitative estimate of drug-likeness (QED) is 0.623. The number of benzene rings is 2. The largest absolute Gasteiger partial charge is 0.494 e. The number of hydrogen-bond acceptors (Lipinski definition) is 5. The maximum absolute atomic E-state index is 12.6. The van der Waals surface area contributed by atoms with Gasteiger partial charge >= 0.3 is 0 Å². The Morgan fingerprint density at radius 1 is 1.04 bits per heavy atom. The van der Waals surface area contributed by atoms with E-state index in [4.69, 9.17) is 4.74 Å². The van der Waals surface area contributed by atoms with Gasteiger partial charge in [0.05, 0.1) is 19.0 Å². The summed E-state index contributed by atoms with van der Waals surface area (Å²) in [6.07, 6.45) is 3.86. The second-order valence-electron chi connectivity index (χ2n) is 6.29. The number of ether oxygens (including phenoxy) is 1. The molecule has 2 N–H and O–H groups in total. The van der Waals surface area contributed by atoms with E-state index in [1.54, 1.807) is 6.20 Å². The lowest BCUT2D eigenvalue weighted by atomic mass is 10.1. The lowest BCUT2D eigenvalue weighted by molar-refractivity contribution is 0.102. The number of rotatable bonds is 7. The predicted molar refractivity (Wildman–Crippen MR) is 111 cm³/mol. The molecule has 3 aromatic rings. The van der Waals surface area contributed by atoms with E-state index in [2.05, 4.69) is 27.5 Å². The first-order valence-corrected chi connectivity index (χ1v) is 9.32. The molecule has 0 bridgehead atoms. The first-order chi connectivity index (χ1) is 13.6. The average molecular weight is 376 g/mol. The van der Waals surface area contributed by atoms with Crippen LogP contribution in [0.1, 0.15) is 35.5 Å². The van der Waals surface area contributed by atoms with E-state index < -0.39 is 0 Å². The summed E-state index contributed by atoms with van der Waals surface area (Å²) in [5, 5.41) is 6.11. The van der Waals surface area contributed by atoms with Crippen LogP contribution in [0, 0.1) is 6.92 Å². The number of carbonyl (C=O) groups excluding carboxylic acids is 1. The zero-order valence-corrected chi connectivity index (χ0v) is 16.3. The molecule has 6 nitrogen and oxygen atoms in total. The van der Waals surface area contributed by atoms with Gasteiger partial charge in [-0.1, -0.05) is 25.1 Å². The number of aryl methyl sites for hydroxylation is 2. The van der Waals surface area contributed by atoms with Crippen molar-refractivity contribution in [3.05, 3.63) is 71.7 Å². The van der Waals surface area contributed by atoms with E-state index in [1.165, 1.54) is 6.20 Å². The molecule has 0 aliphatic carbocycles. The minimum Gasteiger partial charge on any atom is -0.494 e. The third-order valence-electron chi connectivity index (χ3n) is 4.30. The summed E-state index contributed by atoms with van der Waals surface area (Å²) >= 11 is 0. The maximum Gasteiger partial charge on any atom is 0.275 e. The fourth-order valence-electron chi connectivity index (χ4n) is 2.84. The van der Waals surface area contributed by atoms with Gasteiger partial charge in [-0.2, -0.15) is 0 Å². The Morgan fingerprint density at radius 3 is 2.46 bits per heavy atom. The van der Waals surface area contributed by atoms with Crippen molar-refractivity contribution >= 4 is 23.1 Å². The standard InChI is InChI=1S/C22H24N4O2/c1-4-16-8-6-7-15(3)21(16)26-22(27)19-13-24-20(14-23-19)25-17-9-11-18(12-10-17)28-5-2/h6-14H,4-5H2,1-3H3,(H,24,25)(H,26,27). The van der Waals surface area contributed by atoms with E-state index in [0.29, 0.717) is 12.4 Å². The van der Waals surface area contributed by atoms with Gasteiger partial charge in [0.2, 0.25) is 0 Å². The molecule has 0 spiro atoms. The molecule has 1 heterocycles. The molecule has 1 aromatic heterocycles. The lowest BCUT2D eigenvalue weighted by Gasteiger charge is -2.12. The van der Waals surface area contributed by atoms with Crippen molar-refractivity contribution in [1.29, 1.82) is 0 Å². The van der Waals surface area contributed by atoms with E-state index in [-0.39, 0.29) is 11.6 Å². The number of carbonyl (C=O) groups is 1. The molecule has 6 heteroatoms. The lowest BCUT2D eigenvalue weighted by Crippen LogP contribution is -2.16. The van der Waals surface area contributed by atoms with Crippen molar-refractivity contribution in [2.75, 3.05) is 17.2 Å². The Hall–Kier alpha value is -3.41. The smallest absolute Gasteiger partial charge is 0.275 e. The first kappa shape index (κ1) is 19.4. The second kappa shape index (κ2) is 8.99. The minimum atomic E-state index is -0.274. The van der Waals surface area contributed by atoms with Crippen LogP contribution < -0.4 is 15.4 Å². The van der Waals surface area contributed by atoms with Gasteiger partial charge < -0.3 is 15.4 Å². The van der Waals surface area contributed by atoms with Gasteiger partial charge in [0, 0.05) is 11.4 Å². The monoisotopic (exact) mass is 376 g/mol. The van der Waals surface area contributed by atoms with Crippen molar-refractivity contribution < 1.29 is 9.53 Å². The third-order valence-corrected chi connectivity index (χ3v) is 4.30. The summed E-state index contributed by atoms with van der Waals surface area (Å²) in [6.45, 7) is 6.61. The molecule has 0 aliphatic heterocycles. The molecule has 0 aliphatic rings. The van der Waals surface area contributed by atoms with Crippen LogP contribution in [0.2, 0.25) is 0 Å². The number of anilines is 3. The fraction of sp³-hybridized carbons (Fsp3) is 0.227. The summed E-state index contributed by atoms with van der Waals surface area (Å²) in [5.74, 6) is 1.10. The molecular weight excluding hydrogens is 352 g/mol. The van der Waals surface area contributed by atoms with Gasteiger partial charge in [-0.15, -0.1) is 0 Å². The van der Waals surface area contributed by atoms with E-state index >= 15 is 0 Å². The zero-order valence-electron chi connectivity index (χ0n) is 16.3. The molecule has 0 radical (unpaired) electrons. The van der Waals surface area contributed by atoms with Crippen LogP contribution in [-0.4, -0.2) is 22.5 Å². The van der Waals surface area contributed by atoms with Crippen LogP contribution in [0.3, 0.4) is 0 Å². The number of para-hydroxylation sites is 1. The highest BCUT2D eigenvalue weighted by atomic mass is 16.5. The van der Waals surface area contributed by atoms with Gasteiger partial charge in [-0.25, -0.2) is 9.97 Å². The molecule has 144 valence electrons. The van der Waals surface area contributed by atoms with Crippen LogP contribution in [0.15, 0.2) is 54.9 Å². The number of amides is 1. The van der Waals surface area contributed by atoms with Crippen LogP contribution in [-0.2, 0) is 6.42 Å². The van der Waals surface area contributed by atoms with Gasteiger partial charge in [0.15, 0.2) is 0 Å². The normalized spacial score (nSPS) is 10.4. The summed E-state index contributed by atoms with van der Waals surface area (Å²) in [4.78, 5) is 21.1. The molecule has 0 unspecified atom stereocenters. The molecule has 3 rings (SSSR count). The van der Waals surface area contributed by atoms with Crippen molar-refractivity contribution in [3.63, 3.8) is 0 Å². The topological polar surface area (TPSA) is 76.1 Å². The molecule has 28 heavy (non-hydrogen) atoms. The van der Waals surface area contributed by atoms with E-state index in [9.17, 15) is 4.79 Å². The van der Waals surface area contributed by atoms with Crippen LogP contribution >= 0.6 is 0 Å². The van der Waals surface area contributed by atoms with Crippen molar-refractivity contribution in [1.82, 2.24) is 9.97 Å². The third kappa shape index (κ3) is 4.65. The summed E-state index contributed by atoms with van der Waals surface area (Å²) in [7, 11) is 0. The highest BCUT2D eigenvalue weighted by molar-refractivity contribution is 6.03. The molecule has 2 aromatic carbocycles. The van der Waals surface area contributed by atoms with Crippen molar-refractivity contribution in [3.8, 4) is 5.75 Å². The Labute approximate surface area is 165 Å². The maximum atomic E-state index is 12.6. The van der Waals surface area contributed by atoms with Crippen LogP contribution in [0.4, 0.5) is 17.2 Å². The van der Waals surface area contributed by atoms with Gasteiger partial charge in [0.25, 0.3) is 5.91 Å². The Kier molecular flexibility index (Phi) is 6.22. The van der Waals surface area contributed by atoms with E-state index in [1.807, 2.05) is 56.3 Å². The minimum absolute atomic E-state index is 0.266. The highest BCUT2D eigenvalue weighted by Gasteiger charge is 2.12. The summed E-state index contributed by atoms with van der Waals surface area (Å²) in [5.41, 5.74) is 4.09. The Bertz CT molecular complexity index is 938. The Balaban J connectivity index is 1.68. The second-order valence-corrected chi connectivity index (χ2v) is 6.29. The van der Waals surface area contributed by atoms with Crippen molar-refractivity contribution in [2.45, 2.75) is 27.2 Å². The summed E-state index contributed by atoms with van der Waals surface area (Å²) < 4.78 is 5.43. The Morgan fingerprint density at radius 2 is 1.82 bits per heavy atom. The van der Waals surface area contributed by atoms with E-state index in [0.717, 1.165) is 34.7 Å². The molecule has 0 atom stereocenters. The first-order valence-electron chi connectivity index (χ1n) is 9.32. The average Bonchev–Trinajstić information content (AvgIpc) is 2.71. The summed E-state index contributed by atoms with van der Waals surface area (Å²) in [6, 6.07) is 13.5. The molecule has 0 saturated heterocycles.